The van der Waals surface area contributed by atoms with Crippen LogP contribution in [-0.4, -0.2) is 16.5 Å². The van der Waals surface area contributed by atoms with E-state index in [4.69, 9.17) is 16.7 Å². The van der Waals surface area contributed by atoms with Crippen LogP contribution >= 0.6 is 0 Å². The Morgan fingerprint density at radius 2 is 2.24 bits per heavy atom. The second-order valence-corrected chi connectivity index (χ2v) is 3.86. The Morgan fingerprint density at radius 1 is 1.47 bits per heavy atom. The normalized spacial score (nSPS) is 12.2. The summed E-state index contributed by atoms with van der Waals surface area (Å²) in [5, 5.41) is 9.84. The predicted octanol–water partition coefficient (Wildman–Crippen LogP) is 0.326. The van der Waals surface area contributed by atoms with Gasteiger partial charge in [-0.25, -0.2) is 0 Å². The number of primary amides is 1. The van der Waals surface area contributed by atoms with Gasteiger partial charge in [-0.3, -0.25) is 4.79 Å². The molecule has 1 unspecified atom stereocenters. The zero-order chi connectivity index (χ0) is 12.4. The van der Waals surface area contributed by atoms with Crippen molar-refractivity contribution in [3.63, 3.8) is 0 Å². The molecular weight excluding hydrogens is 216 g/mol. The number of nitrogens with two attached hydrogens (primary N) is 2. The highest BCUT2D eigenvalue weighted by molar-refractivity contribution is 5.83. The summed E-state index contributed by atoms with van der Waals surface area (Å²) in [7, 11) is 0. The molecule has 5 heteroatoms. The lowest BCUT2D eigenvalue weighted by atomic mass is 10.2. The highest BCUT2D eigenvalue weighted by Gasteiger charge is 2.11. The molecular formula is C12H12N4O. The van der Waals surface area contributed by atoms with E-state index in [2.05, 4.69) is 6.07 Å². The number of hydrogen-bond donors (Lipinski definition) is 2. The van der Waals surface area contributed by atoms with Gasteiger partial charge >= 0.3 is 0 Å². The van der Waals surface area contributed by atoms with Crippen molar-refractivity contribution in [2.45, 2.75) is 12.6 Å². The SMILES string of the molecule is N#Cc1ccc2ccn(CC(N)C(N)=O)c2c1. The Labute approximate surface area is 98.2 Å². The Hall–Kier alpha value is -2.32. The van der Waals surface area contributed by atoms with Crippen molar-refractivity contribution in [3.8, 4) is 6.07 Å². The van der Waals surface area contributed by atoms with Crippen molar-refractivity contribution in [1.29, 1.82) is 5.26 Å². The van der Waals surface area contributed by atoms with Crippen LogP contribution in [0.15, 0.2) is 30.5 Å². The molecule has 0 fully saturated rings. The number of fused-ring (bicyclic) bond motifs is 1. The molecule has 2 rings (SSSR count). The molecule has 17 heavy (non-hydrogen) atoms. The standard InChI is InChI=1S/C12H12N4O/c13-6-8-1-2-9-3-4-16(11(9)5-8)7-10(14)12(15)17/h1-5,10H,7,14H2,(H2,15,17). The Morgan fingerprint density at radius 3 is 2.88 bits per heavy atom. The second-order valence-electron chi connectivity index (χ2n) is 3.86. The summed E-state index contributed by atoms with van der Waals surface area (Å²) < 4.78 is 1.82. The van der Waals surface area contributed by atoms with Crippen LogP contribution in [0.1, 0.15) is 5.56 Å². The summed E-state index contributed by atoms with van der Waals surface area (Å²) in [4.78, 5) is 10.9. The molecule has 1 heterocycles. The van der Waals surface area contributed by atoms with Gasteiger partial charge in [0.2, 0.25) is 5.91 Å². The molecule has 5 nitrogen and oxygen atoms in total. The average Bonchev–Trinajstić information content (AvgIpc) is 2.71. The van der Waals surface area contributed by atoms with E-state index in [9.17, 15) is 4.79 Å². The van der Waals surface area contributed by atoms with Gasteiger partial charge in [0.25, 0.3) is 0 Å². The molecule has 0 bridgehead atoms. The minimum absolute atomic E-state index is 0.313. The number of aromatic nitrogens is 1. The molecule has 0 aliphatic carbocycles. The van der Waals surface area contributed by atoms with E-state index in [0.29, 0.717) is 12.1 Å². The zero-order valence-electron chi connectivity index (χ0n) is 9.13. The van der Waals surface area contributed by atoms with Crippen LogP contribution in [0.3, 0.4) is 0 Å². The number of hydrogen-bond acceptors (Lipinski definition) is 3. The third kappa shape index (κ3) is 2.12. The fraction of sp³-hybridized carbons (Fsp3) is 0.167. The van der Waals surface area contributed by atoms with Gasteiger partial charge in [-0.2, -0.15) is 5.26 Å². The summed E-state index contributed by atoms with van der Waals surface area (Å²) in [5.41, 5.74) is 12.2. The summed E-state index contributed by atoms with van der Waals surface area (Å²) >= 11 is 0. The van der Waals surface area contributed by atoms with Crippen LogP contribution in [-0.2, 0) is 11.3 Å². The number of rotatable bonds is 3. The summed E-state index contributed by atoms with van der Waals surface area (Å²) in [6.07, 6.45) is 1.83. The maximum Gasteiger partial charge on any atom is 0.236 e. The molecule has 1 aromatic heterocycles. The molecule has 0 saturated heterocycles. The van der Waals surface area contributed by atoms with Gasteiger partial charge in [0.05, 0.1) is 11.6 Å². The largest absolute Gasteiger partial charge is 0.368 e. The second kappa shape index (κ2) is 4.28. The number of nitriles is 1. The van der Waals surface area contributed by atoms with E-state index in [1.54, 1.807) is 12.1 Å². The first-order valence-corrected chi connectivity index (χ1v) is 5.15. The Kier molecular flexibility index (Phi) is 2.81. The van der Waals surface area contributed by atoms with Gasteiger partial charge in [0.15, 0.2) is 0 Å². The number of amides is 1. The third-order valence-electron chi connectivity index (χ3n) is 2.66. The molecule has 1 atom stereocenters. The van der Waals surface area contributed by atoms with Crippen LogP contribution in [0.25, 0.3) is 10.9 Å². The predicted molar refractivity (Wildman–Crippen MR) is 63.8 cm³/mol. The molecule has 0 aliphatic heterocycles. The highest BCUT2D eigenvalue weighted by atomic mass is 16.1. The average molecular weight is 228 g/mol. The molecule has 1 amide bonds. The van der Waals surface area contributed by atoms with E-state index in [-0.39, 0.29) is 0 Å². The van der Waals surface area contributed by atoms with Crippen LogP contribution in [0.2, 0.25) is 0 Å². The summed E-state index contributed by atoms with van der Waals surface area (Å²) in [6.45, 7) is 0.313. The van der Waals surface area contributed by atoms with Crippen molar-refractivity contribution in [2.24, 2.45) is 11.5 Å². The van der Waals surface area contributed by atoms with Crippen molar-refractivity contribution in [1.82, 2.24) is 4.57 Å². The summed E-state index contributed by atoms with van der Waals surface area (Å²) in [5.74, 6) is -0.539. The fourth-order valence-electron chi connectivity index (χ4n) is 1.71. The van der Waals surface area contributed by atoms with Crippen molar-refractivity contribution >= 4 is 16.8 Å². The van der Waals surface area contributed by atoms with E-state index in [1.165, 1.54) is 0 Å². The molecule has 2 aromatic rings. The van der Waals surface area contributed by atoms with Gasteiger partial charge in [-0.05, 0) is 23.6 Å². The van der Waals surface area contributed by atoms with Gasteiger partial charge in [0.1, 0.15) is 6.04 Å². The Balaban J connectivity index is 2.41. The van der Waals surface area contributed by atoms with E-state index in [1.807, 2.05) is 22.9 Å². The molecule has 0 saturated carbocycles. The van der Waals surface area contributed by atoms with Crippen molar-refractivity contribution in [3.05, 3.63) is 36.0 Å². The Bertz CT molecular complexity index is 608. The number of benzene rings is 1. The lowest BCUT2D eigenvalue weighted by Gasteiger charge is -2.10. The van der Waals surface area contributed by atoms with Crippen LogP contribution < -0.4 is 11.5 Å². The molecule has 1 aromatic carbocycles. The van der Waals surface area contributed by atoms with E-state index in [0.717, 1.165) is 10.9 Å². The number of carbonyl (C=O) groups excluding carboxylic acids is 1. The van der Waals surface area contributed by atoms with Crippen LogP contribution in [0, 0.1) is 11.3 Å². The minimum atomic E-state index is -0.726. The van der Waals surface area contributed by atoms with Crippen molar-refractivity contribution < 1.29 is 4.79 Å². The zero-order valence-corrected chi connectivity index (χ0v) is 9.13. The van der Waals surface area contributed by atoms with Crippen LogP contribution in [0.4, 0.5) is 0 Å². The van der Waals surface area contributed by atoms with Gasteiger partial charge in [-0.15, -0.1) is 0 Å². The maximum absolute atomic E-state index is 10.9. The first-order valence-electron chi connectivity index (χ1n) is 5.15. The van der Waals surface area contributed by atoms with Crippen LogP contribution in [0.5, 0.6) is 0 Å². The topological polar surface area (TPSA) is 97.8 Å². The van der Waals surface area contributed by atoms with Crippen molar-refractivity contribution in [2.75, 3.05) is 0 Å². The monoisotopic (exact) mass is 228 g/mol. The lowest BCUT2D eigenvalue weighted by Crippen LogP contribution is -2.39. The lowest BCUT2D eigenvalue weighted by molar-refractivity contribution is -0.119. The maximum atomic E-state index is 10.9. The smallest absolute Gasteiger partial charge is 0.236 e. The first kappa shape index (κ1) is 11.2. The molecule has 0 aliphatic rings. The third-order valence-corrected chi connectivity index (χ3v) is 2.66. The van der Waals surface area contributed by atoms with Gasteiger partial charge in [-0.1, -0.05) is 6.07 Å². The summed E-state index contributed by atoms with van der Waals surface area (Å²) in [6, 6.07) is 8.64. The molecule has 0 spiro atoms. The molecule has 86 valence electrons. The van der Waals surface area contributed by atoms with Gasteiger partial charge < -0.3 is 16.0 Å². The van der Waals surface area contributed by atoms with E-state index >= 15 is 0 Å². The highest BCUT2D eigenvalue weighted by Crippen LogP contribution is 2.17. The van der Waals surface area contributed by atoms with E-state index < -0.39 is 11.9 Å². The molecule has 4 N–H and O–H groups in total. The first-order chi connectivity index (χ1) is 8.11. The number of nitrogens with zero attached hydrogens (tertiary/aromatic N) is 2. The fourth-order valence-corrected chi connectivity index (χ4v) is 1.71. The van der Waals surface area contributed by atoms with Gasteiger partial charge in [0, 0.05) is 18.3 Å². The minimum Gasteiger partial charge on any atom is -0.368 e. The molecule has 0 radical (unpaired) electrons. The quantitative estimate of drug-likeness (QED) is 0.791. The number of carbonyl (C=O) groups is 1.